The summed E-state index contributed by atoms with van der Waals surface area (Å²) < 4.78 is 39.0. The first kappa shape index (κ1) is 17.7. The number of alkyl halides is 3. The van der Waals surface area contributed by atoms with E-state index in [1.807, 2.05) is 18.2 Å². The van der Waals surface area contributed by atoms with E-state index in [0.717, 1.165) is 38.8 Å². The van der Waals surface area contributed by atoms with E-state index in [0.29, 0.717) is 12.6 Å². The van der Waals surface area contributed by atoms with Crippen LogP contribution < -0.4 is 5.56 Å². The second-order valence-corrected chi connectivity index (χ2v) is 6.47. The largest absolute Gasteiger partial charge is 0.433 e. The highest BCUT2D eigenvalue weighted by molar-refractivity contribution is 5.14. The van der Waals surface area contributed by atoms with Crippen LogP contribution >= 0.6 is 0 Å². The van der Waals surface area contributed by atoms with Crippen molar-refractivity contribution >= 4 is 0 Å². The van der Waals surface area contributed by atoms with Gasteiger partial charge in [0.2, 0.25) is 0 Å². The molecule has 0 unspecified atom stereocenters. The summed E-state index contributed by atoms with van der Waals surface area (Å²) >= 11 is 0. The number of hydrogen-bond acceptors (Lipinski definition) is 3. The number of aromatic nitrogens is 2. The van der Waals surface area contributed by atoms with E-state index in [1.165, 1.54) is 10.1 Å². The van der Waals surface area contributed by atoms with Crippen molar-refractivity contribution in [1.82, 2.24) is 14.5 Å². The Bertz CT molecular complexity index is 750. The van der Waals surface area contributed by atoms with Crippen LogP contribution in [-0.2, 0) is 19.3 Å². The zero-order valence-corrected chi connectivity index (χ0v) is 13.7. The van der Waals surface area contributed by atoms with Crippen LogP contribution in [-0.4, -0.2) is 27.5 Å². The number of rotatable bonds is 4. The molecule has 3 rings (SSSR count). The highest BCUT2D eigenvalue weighted by Gasteiger charge is 2.33. The maximum Gasteiger partial charge on any atom is 0.433 e. The van der Waals surface area contributed by atoms with Crippen LogP contribution in [0, 0.1) is 5.92 Å². The van der Waals surface area contributed by atoms with Gasteiger partial charge in [-0.05, 0) is 37.4 Å². The van der Waals surface area contributed by atoms with E-state index in [-0.39, 0.29) is 5.92 Å². The smallest absolute Gasteiger partial charge is 0.299 e. The maximum absolute atomic E-state index is 12.6. The molecule has 0 atom stereocenters. The molecule has 0 spiro atoms. The Morgan fingerprint density at radius 2 is 1.80 bits per heavy atom. The fraction of sp³-hybridized carbons (Fsp3) is 0.444. The van der Waals surface area contributed by atoms with Gasteiger partial charge < -0.3 is 0 Å². The van der Waals surface area contributed by atoms with E-state index in [2.05, 4.69) is 22.0 Å². The maximum atomic E-state index is 12.6. The van der Waals surface area contributed by atoms with Gasteiger partial charge in [0.15, 0.2) is 5.69 Å². The van der Waals surface area contributed by atoms with Gasteiger partial charge in [0.05, 0.1) is 6.33 Å². The molecule has 1 aliphatic heterocycles. The van der Waals surface area contributed by atoms with E-state index in [9.17, 15) is 18.0 Å². The first-order valence-electron chi connectivity index (χ1n) is 8.32. The summed E-state index contributed by atoms with van der Waals surface area (Å²) in [6.45, 7) is 3.16. The van der Waals surface area contributed by atoms with Gasteiger partial charge in [0.1, 0.15) is 0 Å². The molecule has 0 radical (unpaired) electrons. The van der Waals surface area contributed by atoms with Gasteiger partial charge in [0.25, 0.3) is 5.56 Å². The molecule has 25 heavy (non-hydrogen) atoms. The van der Waals surface area contributed by atoms with Crippen LogP contribution in [0.5, 0.6) is 0 Å². The Hall–Kier alpha value is -2.15. The van der Waals surface area contributed by atoms with Crippen LogP contribution in [0.15, 0.2) is 47.5 Å². The van der Waals surface area contributed by atoms with Gasteiger partial charge in [-0.3, -0.25) is 14.3 Å². The Morgan fingerprint density at radius 1 is 1.12 bits per heavy atom. The lowest BCUT2D eigenvalue weighted by molar-refractivity contribution is -0.141. The minimum absolute atomic E-state index is 0.281. The fourth-order valence-electron chi connectivity index (χ4n) is 3.16. The lowest BCUT2D eigenvalue weighted by atomic mass is 9.96. The zero-order valence-electron chi connectivity index (χ0n) is 13.7. The van der Waals surface area contributed by atoms with Gasteiger partial charge in [-0.25, -0.2) is 4.98 Å². The van der Waals surface area contributed by atoms with Crippen LogP contribution in [0.3, 0.4) is 0 Å². The van der Waals surface area contributed by atoms with Crippen LogP contribution in [0.4, 0.5) is 13.2 Å². The molecular formula is C18H20F3N3O. The molecule has 0 saturated carbocycles. The zero-order chi connectivity index (χ0) is 17.9. The monoisotopic (exact) mass is 351 g/mol. The van der Waals surface area contributed by atoms with E-state index in [4.69, 9.17) is 0 Å². The molecular weight excluding hydrogens is 331 g/mol. The molecule has 4 nitrogen and oxygen atoms in total. The van der Waals surface area contributed by atoms with E-state index >= 15 is 0 Å². The van der Waals surface area contributed by atoms with Gasteiger partial charge in [-0.2, -0.15) is 13.2 Å². The van der Waals surface area contributed by atoms with Gasteiger partial charge in [0, 0.05) is 19.2 Å². The van der Waals surface area contributed by atoms with Crippen molar-refractivity contribution < 1.29 is 13.2 Å². The lowest BCUT2D eigenvalue weighted by Gasteiger charge is -2.32. The molecule has 0 amide bonds. The van der Waals surface area contributed by atoms with Crippen molar-refractivity contribution in [1.29, 1.82) is 0 Å². The topological polar surface area (TPSA) is 38.1 Å². The standard InChI is InChI=1S/C18H20F3N3O/c19-18(20,21)16-10-17(25)24(13-22-16)12-15-6-8-23(9-7-15)11-14-4-2-1-3-5-14/h1-5,10,13,15H,6-9,11-12H2. The number of hydrogen-bond donors (Lipinski definition) is 0. The third kappa shape index (κ3) is 4.69. The molecule has 0 bridgehead atoms. The molecule has 7 heteroatoms. The predicted molar refractivity (Wildman–Crippen MR) is 87.9 cm³/mol. The van der Waals surface area contributed by atoms with Crippen molar-refractivity contribution in [3.63, 3.8) is 0 Å². The number of benzene rings is 1. The predicted octanol–water partition coefficient (Wildman–Crippen LogP) is 3.17. The summed E-state index contributed by atoms with van der Waals surface area (Å²) in [6, 6.07) is 10.8. The summed E-state index contributed by atoms with van der Waals surface area (Å²) in [4.78, 5) is 17.6. The molecule has 1 aromatic heterocycles. The Morgan fingerprint density at radius 3 is 2.40 bits per heavy atom. The van der Waals surface area contributed by atoms with Crippen molar-refractivity contribution in [3.8, 4) is 0 Å². The first-order valence-corrected chi connectivity index (χ1v) is 8.32. The highest BCUT2D eigenvalue weighted by atomic mass is 19.4. The summed E-state index contributed by atoms with van der Waals surface area (Å²) in [5, 5.41) is 0. The Balaban J connectivity index is 1.55. The Kier molecular flexibility index (Phi) is 5.22. The first-order chi connectivity index (χ1) is 11.9. The molecule has 1 aromatic carbocycles. The average molecular weight is 351 g/mol. The van der Waals surface area contributed by atoms with Crippen LogP contribution in [0.25, 0.3) is 0 Å². The fourth-order valence-corrected chi connectivity index (χ4v) is 3.16. The van der Waals surface area contributed by atoms with Crippen LogP contribution in [0.1, 0.15) is 24.1 Å². The van der Waals surface area contributed by atoms with E-state index in [1.54, 1.807) is 0 Å². The molecule has 1 saturated heterocycles. The average Bonchev–Trinajstić information content (AvgIpc) is 2.58. The second-order valence-electron chi connectivity index (χ2n) is 6.47. The SMILES string of the molecule is O=c1cc(C(F)(F)F)ncn1CC1CCN(Cc2ccccc2)CC1. The van der Waals surface area contributed by atoms with Crippen molar-refractivity contribution in [3.05, 3.63) is 64.3 Å². The van der Waals surface area contributed by atoms with Crippen molar-refractivity contribution in [2.45, 2.75) is 32.1 Å². The van der Waals surface area contributed by atoms with Gasteiger partial charge in [-0.15, -0.1) is 0 Å². The minimum atomic E-state index is -4.58. The molecule has 2 aromatic rings. The van der Waals surface area contributed by atoms with Gasteiger partial charge in [-0.1, -0.05) is 30.3 Å². The molecule has 1 aliphatic rings. The molecule has 0 aliphatic carbocycles. The highest BCUT2D eigenvalue weighted by Crippen LogP contribution is 2.26. The molecule has 2 heterocycles. The quantitative estimate of drug-likeness (QED) is 0.849. The van der Waals surface area contributed by atoms with Crippen molar-refractivity contribution in [2.75, 3.05) is 13.1 Å². The molecule has 134 valence electrons. The number of piperidine rings is 1. The third-order valence-corrected chi connectivity index (χ3v) is 4.58. The lowest BCUT2D eigenvalue weighted by Crippen LogP contribution is -2.36. The molecule has 1 fully saturated rings. The number of halogens is 3. The summed E-state index contributed by atoms with van der Waals surface area (Å²) in [5.41, 5.74) is -0.510. The molecule has 0 N–H and O–H groups in total. The normalized spacial score (nSPS) is 16.9. The second kappa shape index (κ2) is 7.39. The van der Waals surface area contributed by atoms with Gasteiger partial charge >= 0.3 is 6.18 Å². The summed E-state index contributed by atoms with van der Waals surface area (Å²) in [5.74, 6) is 0.281. The Labute approximate surface area is 143 Å². The number of likely N-dealkylation sites (tertiary alicyclic amines) is 1. The summed E-state index contributed by atoms with van der Waals surface area (Å²) in [7, 11) is 0. The summed E-state index contributed by atoms with van der Waals surface area (Å²) in [6.07, 6.45) is -1.73. The number of nitrogens with zero attached hydrogens (tertiary/aromatic N) is 3. The van der Waals surface area contributed by atoms with Crippen LogP contribution in [0.2, 0.25) is 0 Å². The third-order valence-electron chi connectivity index (χ3n) is 4.58. The van der Waals surface area contributed by atoms with Crippen molar-refractivity contribution in [2.24, 2.45) is 5.92 Å². The van der Waals surface area contributed by atoms with E-state index < -0.39 is 17.4 Å². The minimum Gasteiger partial charge on any atom is -0.299 e.